The molecule has 0 spiro atoms. The normalized spacial score (nSPS) is 14.9. The molecule has 2 rings (SSSR count). The highest BCUT2D eigenvalue weighted by Gasteiger charge is 2.26. The molecule has 0 bridgehead atoms. The van der Waals surface area contributed by atoms with Gasteiger partial charge in [-0.1, -0.05) is 74.5 Å². The predicted octanol–water partition coefficient (Wildman–Crippen LogP) is 4.69. The van der Waals surface area contributed by atoms with Crippen LogP contribution in [0.4, 0.5) is 0 Å². The summed E-state index contributed by atoms with van der Waals surface area (Å²) in [5.74, 6) is 0. The van der Waals surface area contributed by atoms with Crippen molar-refractivity contribution >= 4 is 17.3 Å². The summed E-state index contributed by atoms with van der Waals surface area (Å²) in [6.07, 6.45) is 5.46. The topological polar surface area (TPSA) is 64.5 Å². The third-order valence-corrected chi connectivity index (χ3v) is 6.94. The molecule has 4 N–H and O–H groups in total. The molecule has 5 heteroatoms. The van der Waals surface area contributed by atoms with Crippen molar-refractivity contribution in [1.82, 2.24) is 10.6 Å². The van der Waals surface area contributed by atoms with Crippen LogP contribution in [0.25, 0.3) is 0 Å². The first-order valence-corrected chi connectivity index (χ1v) is 12.2. The molecule has 2 aromatic carbocycles. The lowest BCUT2D eigenvalue weighted by Gasteiger charge is -2.30. The Kier molecular flexibility index (Phi) is 11.1. The van der Waals surface area contributed by atoms with Gasteiger partial charge in [0.05, 0.1) is 0 Å². The number of hydrogen-bond donors (Lipinski definition) is 4. The molecule has 32 heavy (non-hydrogen) atoms. The van der Waals surface area contributed by atoms with Gasteiger partial charge < -0.3 is 20.8 Å². The van der Waals surface area contributed by atoms with Crippen molar-refractivity contribution in [2.24, 2.45) is 0 Å². The molecule has 0 aliphatic carbocycles. The van der Waals surface area contributed by atoms with E-state index in [1.54, 1.807) is 0 Å². The van der Waals surface area contributed by atoms with Crippen molar-refractivity contribution in [3.63, 3.8) is 0 Å². The molecular formula is C27H40N2O2S. The zero-order valence-corrected chi connectivity index (χ0v) is 20.5. The average molecular weight is 457 g/mol. The lowest BCUT2D eigenvalue weighted by Crippen LogP contribution is -2.37. The lowest BCUT2D eigenvalue weighted by atomic mass is 9.76. The van der Waals surface area contributed by atoms with Gasteiger partial charge in [-0.05, 0) is 72.7 Å². The van der Waals surface area contributed by atoms with Crippen LogP contribution >= 0.6 is 12.2 Å². The number of rotatable bonds is 14. The molecule has 0 heterocycles. The molecule has 0 aliphatic rings. The van der Waals surface area contributed by atoms with E-state index in [0.29, 0.717) is 5.11 Å². The maximum Gasteiger partial charge on any atom is 0.166 e. The Labute approximate surface area is 199 Å². The largest absolute Gasteiger partial charge is 0.396 e. The van der Waals surface area contributed by atoms with Crippen LogP contribution in [0.5, 0.6) is 0 Å². The van der Waals surface area contributed by atoms with Gasteiger partial charge in [-0.25, -0.2) is 0 Å². The van der Waals surface area contributed by atoms with Crippen molar-refractivity contribution in [2.45, 2.75) is 63.2 Å². The smallest absolute Gasteiger partial charge is 0.166 e. The molecule has 0 amide bonds. The minimum absolute atomic E-state index is 0.0264. The van der Waals surface area contributed by atoms with E-state index in [0.717, 1.165) is 51.6 Å². The number of aliphatic hydroxyl groups excluding tert-OH is 2. The maximum absolute atomic E-state index is 9.53. The second kappa shape index (κ2) is 13.6. The lowest BCUT2D eigenvalue weighted by molar-refractivity contribution is 0.236. The molecule has 176 valence electrons. The average Bonchev–Trinajstić information content (AvgIpc) is 2.81. The van der Waals surface area contributed by atoms with Gasteiger partial charge in [0, 0.05) is 26.3 Å². The summed E-state index contributed by atoms with van der Waals surface area (Å²) in [7, 11) is 0. The molecule has 4 nitrogen and oxygen atoms in total. The minimum Gasteiger partial charge on any atom is -0.396 e. The van der Waals surface area contributed by atoms with Gasteiger partial charge in [-0.3, -0.25) is 0 Å². The van der Waals surface area contributed by atoms with E-state index in [-0.39, 0.29) is 24.0 Å². The van der Waals surface area contributed by atoms with Gasteiger partial charge in [-0.15, -0.1) is 0 Å². The van der Waals surface area contributed by atoms with Crippen molar-refractivity contribution < 1.29 is 10.2 Å². The summed E-state index contributed by atoms with van der Waals surface area (Å²) in [5.41, 5.74) is 2.50. The third kappa shape index (κ3) is 8.19. The third-order valence-electron chi connectivity index (χ3n) is 6.65. The minimum atomic E-state index is -0.0264. The van der Waals surface area contributed by atoms with Crippen LogP contribution < -0.4 is 10.6 Å². The highest BCUT2D eigenvalue weighted by atomic mass is 32.1. The SMILES string of the molecule is CC(CCO)(CCCNC(=S)NCCCC(C)(CCO)c1ccccc1)c1ccccc1. The van der Waals surface area contributed by atoms with Crippen LogP contribution in [0.1, 0.15) is 63.5 Å². The van der Waals surface area contributed by atoms with Gasteiger partial charge in [0.2, 0.25) is 0 Å². The zero-order valence-electron chi connectivity index (χ0n) is 19.6. The summed E-state index contributed by atoms with van der Waals surface area (Å²) in [6, 6.07) is 20.9. The molecule has 0 fully saturated rings. The van der Waals surface area contributed by atoms with E-state index in [4.69, 9.17) is 12.2 Å². The highest BCUT2D eigenvalue weighted by Crippen LogP contribution is 2.33. The van der Waals surface area contributed by atoms with Crippen molar-refractivity contribution in [3.05, 3.63) is 71.8 Å². The summed E-state index contributed by atoms with van der Waals surface area (Å²) < 4.78 is 0. The van der Waals surface area contributed by atoms with E-state index < -0.39 is 0 Å². The number of nitrogens with one attached hydrogen (secondary N) is 2. The van der Waals surface area contributed by atoms with Gasteiger partial charge in [-0.2, -0.15) is 0 Å². The first-order chi connectivity index (χ1) is 15.4. The van der Waals surface area contributed by atoms with Crippen molar-refractivity contribution in [1.29, 1.82) is 0 Å². The second-order valence-electron chi connectivity index (χ2n) is 9.19. The van der Waals surface area contributed by atoms with Crippen LogP contribution in [-0.4, -0.2) is 41.6 Å². The molecule has 0 saturated carbocycles. The van der Waals surface area contributed by atoms with Crippen LogP contribution in [0.15, 0.2) is 60.7 Å². The number of hydrogen-bond acceptors (Lipinski definition) is 3. The Balaban J connectivity index is 1.71. The number of benzene rings is 2. The number of thiocarbonyl (C=S) groups is 1. The zero-order chi connectivity index (χ0) is 23.3. The van der Waals surface area contributed by atoms with Crippen LogP contribution in [0, 0.1) is 0 Å². The predicted molar refractivity (Wildman–Crippen MR) is 138 cm³/mol. The van der Waals surface area contributed by atoms with Crippen LogP contribution in [-0.2, 0) is 10.8 Å². The molecule has 0 saturated heterocycles. The van der Waals surface area contributed by atoms with Gasteiger partial charge in [0.25, 0.3) is 0 Å². The summed E-state index contributed by atoms with van der Waals surface area (Å²) in [5, 5.41) is 26.4. The monoisotopic (exact) mass is 456 g/mol. The Morgan fingerprint density at radius 3 is 1.41 bits per heavy atom. The van der Waals surface area contributed by atoms with Crippen molar-refractivity contribution in [3.8, 4) is 0 Å². The van der Waals surface area contributed by atoms with E-state index in [1.165, 1.54) is 11.1 Å². The molecule has 0 radical (unpaired) electrons. The Hall–Kier alpha value is -1.95. The quantitative estimate of drug-likeness (QED) is 0.245. The van der Waals surface area contributed by atoms with E-state index >= 15 is 0 Å². The first kappa shape index (κ1) is 26.3. The van der Waals surface area contributed by atoms with Gasteiger partial charge in [0.1, 0.15) is 0 Å². The summed E-state index contributed by atoms with van der Waals surface area (Å²) in [4.78, 5) is 0. The second-order valence-corrected chi connectivity index (χ2v) is 9.60. The Morgan fingerprint density at radius 2 is 1.06 bits per heavy atom. The van der Waals surface area contributed by atoms with Crippen LogP contribution in [0.2, 0.25) is 0 Å². The fourth-order valence-corrected chi connectivity index (χ4v) is 4.63. The van der Waals surface area contributed by atoms with Gasteiger partial charge >= 0.3 is 0 Å². The molecule has 2 atom stereocenters. The van der Waals surface area contributed by atoms with Gasteiger partial charge in [0.15, 0.2) is 5.11 Å². The van der Waals surface area contributed by atoms with E-state index in [2.05, 4.69) is 73.0 Å². The van der Waals surface area contributed by atoms with E-state index in [9.17, 15) is 10.2 Å². The Morgan fingerprint density at radius 1 is 0.688 bits per heavy atom. The fourth-order valence-electron chi connectivity index (χ4n) is 4.43. The molecule has 0 aliphatic heterocycles. The maximum atomic E-state index is 9.53. The standard InChI is InChI=1S/C27H40N2O2S/c1-26(17-21-30,23-11-5-3-6-12-23)15-9-19-28-25(32)29-20-10-16-27(2,18-22-31)24-13-7-4-8-14-24/h3-8,11-14,30-31H,9-10,15-22H2,1-2H3,(H2,28,29,32). The van der Waals surface area contributed by atoms with Crippen molar-refractivity contribution in [2.75, 3.05) is 26.3 Å². The first-order valence-electron chi connectivity index (χ1n) is 11.8. The number of aliphatic hydroxyl groups is 2. The van der Waals surface area contributed by atoms with Crippen LogP contribution in [0.3, 0.4) is 0 Å². The Bertz CT molecular complexity index is 721. The molecule has 2 aromatic rings. The fraction of sp³-hybridized carbons (Fsp3) is 0.519. The summed E-state index contributed by atoms with van der Waals surface area (Å²) >= 11 is 5.45. The van der Waals surface area contributed by atoms with E-state index in [1.807, 2.05) is 12.1 Å². The summed E-state index contributed by atoms with van der Waals surface area (Å²) in [6.45, 7) is 6.46. The molecule has 2 unspecified atom stereocenters. The highest BCUT2D eigenvalue weighted by molar-refractivity contribution is 7.80. The molecular weight excluding hydrogens is 416 g/mol. The molecule has 0 aromatic heterocycles.